The summed E-state index contributed by atoms with van der Waals surface area (Å²) in [5.41, 5.74) is -0.461. The second-order valence-electron chi connectivity index (χ2n) is 9.56. The first-order chi connectivity index (χ1) is 14.4. The Morgan fingerprint density at radius 2 is 2.03 bits per heavy atom. The summed E-state index contributed by atoms with van der Waals surface area (Å²) in [6.07, 6.45) is 7.65. The number of likely N-dealkylation sites (tertiary alicyclic amines) is 2. The normalized spacial score (nSPS) is 31.5. The molecule has 1 saturated carbocycles. The van der Waals surface area contributed by atoms with Gasteiger partial charge in [-0.2, -0.15) is 5.26 Å². The van der Waals surface area contributed by atoms with E-state index in [9.17, 15) is 19.6 Å². The van der Waals surface area contributed by atoms with Crippen LogP contribution in [-0.2, 0) is 14.4 Å². The number of piperidine rings is 1. The van der Waals surface area contributed by atoms with E-state index in [1.54, 1.807) is 4.90 Å². The zero-order chi connectivity index (χ0) is 21.3. The van der Waals surface area contributed by atoms with E-state index in [1.165, 1.54) is 0 Å². The monoisotopic (exact) mass is 415 g/mol. The van der Waals surface area contributed by atoms with Crippen LogP contribution in [0.25, 0.3) is 0 Å². The molecule has 4 atom stereocenters. The number of amides is 3. The molecule has 164 valence electrons. The molecule has 0 aromatic carbocycles. The van der Waals surface area contributed by atoms with E-state index in [0.717, 1.165) is 45.1 Å². The molecule has 30 heavy (non-hydrogen) atoms. The van der Waals surface area contributed by atoms with Gasteiger partial charge in [0.25, 0.3) is 0 Å². The molecule has 0 radical (unpaired) electrons. The van der Waals surface area contributed by atoms with Crippen LogP contribution in [0.4, 0.5) is 0 Å². The smallest absolute Gasteiger partial charge is 0.243 e. The van der Waals surface area contributed by atoms with Crippen molar-refractivity contribution in [2.45, 2.75) is 75.4 Å². The van der Waals surface area contributed by atoms with Crippen LogP contribution >= 0.6 is 0 Å². The first kappa shape index (κ1) is 21.1. The Hall–Kier alpha value is -2.14. The SMILES string of the molecule is CN1CCCC[C@]12CCN([C@H](CC1CC1)C(=O)N[C@H](C#N)C[C@@H]1CCNC1=O)C2=O. The van der Waals surface area contributed by atoms with Gasteiger partial charge in [-0.15, -0.1) is 0 Å². The van der Waals surface area contributed by atoms with Crippen molar-refractivity contribution < 1.29 is 14.4 Å². The summed E-state index contributed by atoms with van der Waals surface area (Å²) in [6.45, 7) is 2.13. The fourth-order valence-corrected chi connectivity index (χ4v) is 5.45. The molecule has 1 aliphatic carbocycles. The van der Waals surface area contributed by atoms with E-state index >= 15 is 0 Å². The van der Waals surface area contributed by atoms with Crippen molar-refractivity contribution in [2.24, 2.45) is 11.8 Å². The molecule has 8 nitrogen and oxygen atoms in total. The fourth-order valence-electron chi connectivity index (χ4n) is 5.45. The minimum absolute atomic E-state index is 0.0453. The topological polar surface area (TPSA) is 106 Å². The first-order valence-electron chi connectivity index (χ1n) is 11.4. The van der Waals surface area contributed by atoms with Crippen molar-refractivity contribution in [1.82, 2.24) is 20.4 Å². The Kier molecular flexibility index (Phi) is 6.01. The van der Waals surface area contributed by atoms with Crippen LogP contribution in [0.5, 0.6) is 0 Å². The fraction of sp³-hybridized carbons (Fsp3) is 0.818. The van der Waals surface area contributed by atoms with Crippen molar-refractivity contribution in [2.75, 3.05) is 26.7 Å². The molecular formula is C22H33N5O3. The third-order valence-corrected chi connectivity index (χ3v) is 7.58. The minimum atomic E-state index is -0.711. The Bertz CT molecular complexity index is 746. The summed E-state index contributed by atoms with van der Waals surface area (Å²) in [6, 6.07) is 0.915. The predicted molar refractivity (Wildman–Crippen MR) is 110 cm³/mol. The lowest BCUT2D eigenvalue weighted by Gasteiger charge is -2.41. The van der Waals surface area contributed by atoms with E-state index in [0.29, 0.717) is 38.3 Å². The standard InChI is InChI=1S/C22H33N5O3/c1-26-10-3-2-7-22(26)8-11-27(21(22)30)18(12-15-4-5-15)20(29)25-17(14-23)13-16-6-9-24-19(16)28/h15-18H,2-13H2,1H3,(H,24,28)(H,25,29)/t16-,17-,18+,22+/m0/s1. The lowest BCUT2D eigenvalue weighted by atomic mass is 9.85. The summed E-state index contributed by atoms with van der Waals surface area (Å²) in [7, 11) is 2.02. The molecule has 4 fully saturated rings. The average molecular weight is 416 g/mol. The van der Waals surface area contributed by atoms with Crippen LogP contribution in [0, 0.1) is 23.2 Å². The van der Waals surface area contributed by atoms with Crippen LogP contribution in [0.2, 0.25) is 0 Å². The number of hydrogen-bond acceptors (Lipinski definition) is 5. The molecule has 2 N–H and O–H groups in total. The van der Waals surface area contributed by atoms with Gasteiger partial charge >= 0.3 is 0 Å². The number of nitrogens with one attached hydrogen (secondary N) is 2. The van der Waals surface area contributed by atoms with Gasteiger partial charge < -0.3 is 15.5 Å². The minimum Gasteiger partial charge on any atom is -0.356 e. The van der Waals surface area contributed by atoms with E-state index in [2.05, 4.69) is 21.6 Å². The van der Waals surface area contributed by atoms with E-state index in [-0.39, 0.29) is 23.6 Å². The van der Waals surface area contributed by atoms with Crippen molar-refractivity contribution >= 4 is 17.7 Å². The van der Waals surface area contributed by atoms with Gasteiger partial charge in [-0.3, -0.25) is 19.3 Å². The Morgan fingerprint density at radius 1 is 1.23 bits per heavy atom. The lowest BCUT2D eigenvalue weighted by Crippen LogP contribution is -2.58. The Labute approximate surface area is 178 Å². The van der Waals surface area contributed by atoms with Gasteiger partial charge in [-0.25, -0.2) is 0 Å². The maximum atomic E-state index is 13.5. The highest BCUT2D eigenvalue weighted by Crippen LogP contribution is 2.40. The number of carbonyl (C=O) groups excluding carboxylic acids is 3. The number of nitrogens with zero attached hydrogens (tertiary/aromatic N) is 3. The molecule has 3 saturated heterocycles. The third kappa shape index (κ3) is 4.04. The Balaban J connectivity index is 1.45. The summed E-state index contributed by atoms with van der Waals surface area (Å²) in [5.74, 6) is 0.0423. The Morgan fingerprint density at radius 3 is 2.67 bits per heavy atom. The highest BCUT2D eigenvalue weighted by atomic mass is 16.2. The zero-order valence-electron chi connectivity index (χ0n) is 17.9. The molecule has 8 heteroatoms. The molecule has 3 heterocycles. The number of hydrogen-bond donors (Lipinski definition) is 2. The molecule has 0 aromatic heterocycles. The molecule has 1 spiro atoms. The molecule has 4 aliphatic rings. The number of rotatable bonds is 7. The predicted octanol–water partition coefficient (Wildman–Crippen LogP) is 0.776. The highest BCUT2D eigenvalue weighted by Gasteiger charge is 2.53. The molecule has 0 unspecified atom stereocenters. The average Bonchev–Trinajstić information content (AvgIpc) is 3.39. The number of likely N-dealkylation sites (N-methyl/N-ethyl adjacent to an activating group) is 1. The van der Waals surface area contributed by atoms with Gasteiger partial charge in [0.2, 0.25) is 17.7 Å². The molecule has 0 bridgehead atoms. The second kappa shape index (κ2) is 8.54. The van der Waals surface area contributed by atoms with Gasteiger partial charge in [0, 0.05) is 19.0 Å². The van der Waals surface area contributed by atoms with Gasteiger partial charge in [-0.1, -0.05) is 12.8 Å². The van der Waals surface area contributed by atoms with E-state index in [4.69, 9.17) is 0 Å². The maximum absolute atomic E-state index is 13.5. The highest BCUT2D eigenvalue weighted by molar-refractivity contribution is 5.94. The summed E-state index contributed by atoms with van der Waals surface area (Å²) < 4.78 is 0. The van der Waals surface area contributed by atoms with Gasteiger partial charge in [0.05, 0.1) is 6.07 Å². The van der Waals surface area contributed by atoms with Crippen LogP contribution in [0.3, 0.4) is 0 Å². The van der Waals surface area contributed by atoms with Crippen LogP contribution < -0.4 is 10.6 Å². The summed E-state index contributed by atoms with van der Waals surface area (Å²) in [4.78, 5) is 42.6. The molecule has 4 rings (SSSR count). The van der Waals surface area contributed by atoms with Crippen LogP contribution in [-0.4, -0.2) is 71.8 Å². The first-order valence-corrected chi connectivity index (χ1v) is 11.4. The number of carbonyl (C=O) groups is 3. The second-order valence-corrected chi connectivity index (χ2v) is 9.56. The zero-order valence-corrected chi connectivity index (χ0v) is 17.9. The molecular weight excluding hydrogens is 382 g/mol. The summed E-state index contributed by atoms with van der Waals surface area (Å²) >= 11 is 0. The maximum Gasteiger partial charge on any atom is 0.243 e. The van der Waals surface area contributed by atoms with Crippen molar-refractivity contribution in [3.63, 3.8) is 0 Å². The number of nitriles is 1. The van der Waals surface area contributed by atoms with Crippen molar-refractivity contribution in [1.29, 1.82) is 5.26 Å². The van der Waals surface area contributed by atoms with Gasteiger partial charge in [0.1, 0.15) is 17.6 Å². The third-order valence-electron chi connectivity index (χ3n) is 7.58. The largest absolute Gasteiger partial charge is 0.356 e. The molecule has 3 aliphatic heterocycles. The van der Waals surface area contributed by atoms with Crippen molar-refractivity contribution in [3.05, 3.63) is 0 Å². The molecule has 3 amide bonds. The van der Waals surface area contributed by atoms with Crippen LogP contribution in [0.15, 0.2) is 0 Å². The molecule has 0 aromatic rings. The van der Waals surface area contributed by atoms with Gasteiger partial charge in [0.15, 0.2) is 0 Å². The van der Waals surface area contributed by atoms with E-state index in [1.807, 2.05) is 7.05 Å². The van der Waals surface area contributed by atoms with Crippen molar-refractivity contribution in [3.8, 4) is 6.07 Å². The summed E-state index contributed by atoms with van der Waals surface area (Å²) in [5, 5.41) is 15.2. The quantitative estimate of drug-likeness (QED) is 0.639. The van der Waals surface area contributed by atoms with Gasteiger partial charge in [-0.05, 0) is 64.5 Å². The van der Waals surface area contributed by atoms with E-state index < -0.39 is 17.6 Å². The lowest BCUT2D eigenvalue weighted by molar-refractivity contribution is -0.145. The van der Waals surface area contributed by atoms with Crippen LogP contribution in [0.1, 0.15) is 57.8 Å².